The number of ether oxygens (including phenoxy) is 3. The topological polar surface area (TPSA) is 102 Å². The number of nitrogens with one attached hydrogen (secondary N) is 2. The van der Waals surface area contributed by atoms with Crippen LogP contribution >= 0.6 is 11.3 Å². The van der Waals surface area contributed by atoms with Gasteiger partial charge in [-0.1, -0.05) is 35.6 Å². The van der Waals surface area contributed by atoms with Crippen LogP contribution in [0.1, 0.15) is 37.5 Å². The smallest absolute Gasteiger partial charge is 0.275 e. The van der Waals surface area contributed by atoms with Gasteiger partial charge in [0.2, 0.25) is 0 Å². The van der Waals surface area contributed by atoms with Gasteiger partial charge in [0.05, 0.1) is 32.6 Å². The van der Waals surface area contributed by atoms with Crippen LogP contribution in [0.3, 0.4) is 0 Å². The SMILES string of the molecule is COc1nc(C(=O)Nc2ccccc2C(=O)Nc2ccc(CCN3CCc4cc(OC)c(OC)cc4C3)cc2)cs1. The van der Waals surface area contributed by atoms with E-state index in [0.29, 0.717) is 22.1 Å². The van der Waals surface area contributed by atoms with Crippen LogP contribution in [0.15, 0.2) is 66.0 Å². The third-order valence-electron chi connectivity index (χ3n) is 7.04. The van der Waals surface area contributed by atoms with Gasteiger partial charge in [-0.05, 0) is 65.9 Å². The van der Waals surface area contributed by atoms with E-state index in [-0.39, 0.29) is 11.6 Å². The Morgan fingerprint density at radius 1 is 0.902 bits per heavy atom. The lowest BCUT2D eigenvalue weighted by molar-refractivity contribution is 0.102. The molecule has 5 rings (SSSR count). The van der Waals surface area contributed by atoms with Gasteiger partial charge in [0.25, 0.3) is 17.0 Å². The minimum atomic E-state index is -0.412. The normalized spacial score (nSPS) is 12.8. The zero-order valence-electron chi connectivity index (χ0n) is 23.2. The summed E-state index contributed by atoms with van der Waals surface area (Å²) < 4.78 is 16.0. The second kappa shape index (κ2) is 12.8. The number of fused-ring (bicyclic) bond motifs is 1. The van der Waals surface area contributed by atoms with Crippen molar-refractivity contribution in [3.05, 3.63) is 94.0 Å². The molecular weight excluding hydrogens is 540 g/mol. The molecule has 0 spiro atoms. The van der Waals surface area contributed by atoms with E-state index in [2.05, 4.69) is 32.7 Å². The molecule has 0 aliphatic carbocycles. The van der Waals surface area contributed by atoms with Gasteiger partial charge in [-0.15, -0.1) is 0 Å². The Morgan fingerprint density at radius 3 is 2.34 bits per heavy atom. The quantitative estimate of drug-likeness (QED) is 0.267. The predicted molar refractivity (Wildman–Crippen MR) is 160 cm³/mol. The molecule has 0 saturated heterocycles. The molecule has 3 aromatic carbocycles. The Kier molecular flexibility index (Phi) is 8.81. The van der Waals surface area contributed by atoms with Gasteiger partial charge in [0.15, 0.2) is 11.5 Å². The summed E-state index contributed by atoms with van der Waals surface area (Å²) in [4.78, 5) is 32.3. The third-order valence-corrected chi connectivity index (χ3v) is 7.84. The maximum Gasteiger partial charge on any atom is 0.275 e. The fourth-order valence-electron chi connectivity index (χ4n) is 4.80. The lowest BCUT2D eigenvalue weighted by Gasteiger charge is -2.29. The van der Waals surface area contributed by atoms with Crippen molar-refractivity contribution in [1.29, 1.82) is 0 Å². The van der Waals surface area contributed by atoms with Gasteiger partial charge in [-0.25, -0.2) is 0 Å². The van der Waals surface area contributed by atoms with Gasteiger partial charge >= 0.3 is 0 Å². The summed E-state index contributed by atoms with van der Waals surface area (Å²) in [7, 11) is 4.82. The first-order valence-electron chi connectivity index (χ1n) is 13.2. The summed E-state index contributed by atoms with van der Waals surface area (Å²) in [6, 6.07) is 18.9. The third kappa shape index (κ3) is 6.67. The highest BCUT2D eigenvalue weighted by molar-refractivity contribution is 7.11. The molecule has 2 N–H and O–H groups in total. The summed E-state index contributed by atoms with van der Waals surface area (Å²) >= 11 is 1.23. The minimum Gasteiger partial charge on any atom is -0.493 e. The van der Waals surface area contributed by atoms with E-state index in [9.17, 15) is 9.59 Å². The van der Waals surface area contributed by atoms with Crippen LogP contribution in [0.5, 0.6) is 16.7 Å². The van der Waals surface area contributed by atoms with E-state index in [0.717, 1.165) is 44.0 Å². The van der Waals surface area contributed by atoms with Crippen LogP contribution in [-0.4, -0.2) is 56.1 Å². The van der Waals surface area contributed by atoms with Gasteiger partial charge in [0, 0.05) is 30.7 Å². The van der Waals surface area contributed by atoms with Crippen molar-refractivity contribution in [1.82, 2.24) is 9.88 Å². The van der Waals surface area contributed by atoms with Crippen LogP contribution < -0.4 is 24.8 Å². The van der Waals surface area contributed by atoms with Crippen molar-refractivity contribution in [2.45, 2.75) is 19.4 Å². The van der Waals surface area contributed by atoms with Gasteiger partial charge < -0.3 is 24.8 Å². The molecule has 10 heteroatoms. The Balaban J connectivity index is 1.17. The summed E-state index contributed by atoms with van der Waals surface area (Å²) in [5.74, 6) is 0.807. The molecule has 1 aliphatic rings. The Labute approximate surface area is 243 Å². The van der Waals surface area contributed by atoms with Crippen molar-refractivity contribution in [2.24, 2.45) is 0 Å². The largest absolute Gasteiger partial charge is 0.493 e. The van der Waals surface area contributed by atoms with Crippen molar-refractivity contribution in [3.8, 4) is 16.7 Å². The zero-order chi connectivity index (χ0) is 28.8. The maximum absolute atomic E-state index is 13.1. The number of hydrogen-bond donors (Lipinski definition) is 2. The first-order valence-corrected chi connectivity index (χ1v) is 14.1. The second-order valence-corrected chi connectivity index (χ2v) is 10.4. The monoisotopic (exact) mass is 572 g/mol. The van der Waals surface area contributed by atoms with Crippen molar-refractivity contribution < 1.29 is 23.8 Å². The van der Waals surface area contributed by atoms with E-state index >= 15 is 0 Å². The molecule has 41 heavy (non-hydrogen) atoms. The van der Waals surface area contributed by atoms with E-state index in [1.807, 2.05) is 24.3 Å². The van der Waals surface area contributed by atoms with Crippen LogP contribution in [0.2, 0.25) is 0 Å². The van der Waals surface area contributed by atoms with Gasteiger partial charge in [-0.3, -0.25) is 14.5 Å². The van der Waals surface area contributed by atoms with E-state index < -0.39 is 5.91 Å². The average Bonchev–Trinajstić information content (AvgIpc) is 3.50. The van der Waals surface area contributed by atoms with E-state index in [4.69, 9.17) is 14.2 Å². The van der Waals surface area contributed by atoms with Crippen LogP contribution in [0, 0.1) is 0 Å². The second-order valence-electron chi connectivity index (χ2n) is 9.61. The number of carbonyl (C=O) groups is 2. The van der Waals surface area contributed by atoms with Crippen molar-refractivity contribution >= 4 is 34.5 Å². The Hall–Kier alpha value is -4.41. The average molecular weight is 573 g/mol. The number of benzene rings is 3. The highest BCUT2D eigenvalue weighted by atomic mass is 32.1. The minimum absolute atomic E-state index is 0.228. The Morgan fingerprint density at radius 2 is 1.63 bits per heavy atom. The number of carbonyl (C=O) groups excluding carboxylic acids is 2. The number of aromatic nitrogens is 1. The standard InChI is InChI=1S/C31H32N4O5S/c1-38-27-16-21-13-15-35(18-22(21)17-28(27)39-2)14-12-20-8-10-23(11-9-20)32-29(36)24-6-4-5-7-25(24)33-30(37)26-19-41-31(34-26)40-3/h4-11,16-17,19H,12-15,18H2,1-3H3,(H,32,36)(H,33,37). The van der Waals surface area contributed by atoms with Crippen molar-refractivity contribution in [2.75, 3.05) is 45.1 Å². The summed E-state index contributed by atoms with van der Waals surface area (Å²) in [6.07, 6.45) is 1.87. The lowest BCUT2D eigenvalue weighted by atomic mass is 9.98. The first kappa shape index (κ1) is 28.1. The Bertz CT molecular complexity index is 1540. The molecular formula is C31H32N4O5S. The number of rotatable bonds is 10. The summed E-state index contributed by atoms with van der Waals surface area (Å²) in [5.41, 5.74) is 5.43. The van der Waals surface area contributed by atoms with Crippen LogP contribution in [0.4, 0.5) is 11.4 Å². The number of anilines is 2. The number of nitrogens with zero attached hydrogens (tertiary/aromatic N) is 2. The molecule has 2 amide bonds. The molecule has 0 radical (unpaired) electrons. The molecule has 0 saturated carbocycles. The van der Waals surface area contributed by atoms with E-state index in [1.54, 1.807) is 43.9 Å². The molecule has 0 unspecified atom stereocenters. The highest BCUT2D eigenvalue weighted by Crippen LogP contribution is 2.33. The summed E-state index contributed by atoms with van der Waals surface area (Å²) in [5, 5.41) is 7.71. The predicted octanol–water partition coefficient (Wildman–Crippen LogP) is 5.27. The number of methoxy groups -OCH3 is 3. The molecule has 9 nitrogen and oxygen atoms in total. The number of thiazole rings is 1. The summed E-state index contributed by atoms with van der Waals surface area (Å²) in [6.45, 7) is 2.79. The number of hydrogen-bond acceptors (Lipinski definition) is 8. The molecule has 0 bridgehead atoms. The van der Waals surface area contributed by atoms with Gasteiger partial charge in [0.1, 0.15) is 5.69 Å². The van der Waals surface area contributed by atoms with E-state index in [1.165, 1.54) is 35.1 Å². The zero-order valence-corrected chi connectivity index (χ0v) is 24.0. The van der Waals surface area contributed by atoms with Crippen molar-refractivity contribution in [3.63, 3.8) is 0 Å². The van der Waals surface area contributed by atoms with Crippen LogP contribution in [0.25, 0.3) is 0 Å². The lowest BCUT2D eigenvalue weighted by Crippen LogP contribution is -2.32. The molecule has 1 aliphatic heterocycles. The molecule has 1 aromatic heterocycles. The number of para-hydroxylation sites is 1. The first-order chi connectivity index (χ1) is 20.0. The molecule has 212 valence electrons. The molecule has 0 fully saturated rings. The highest BCUT2D eigenvalue weighted by Gasteiger charge is 2.20. The van der Waals surface area contributed by atoms with Crippen LogP contribution in [-0.2, 0) is 19.4 Å². The fraction of sp³-hybridized carbons (Fsp3) is 0.258. The molecule has 2 heterocycles. The molecule has 0 atom stereocenters. The fourth-order valence-corrected chi connectivity index (χ4v) is 5.42. The maximum atomic E-state index is 13.1. The van der Waals surface area contributed by atoms with Gasteiger partial charge in [-0.2, -0.15) is 4.98 Å². The number of amides is 2. The molecule has 4 aromatic rings.